The summed E-state index contributed by atoms with van der Waals surface area (Å²) in [5.74, 6) is 0.396. The Hall–Kier alpha value is -2.29. The number of rotatable bonds is 5. The molecule has 0 heterocycles. The summed E-state index contributed by atoms with van der Waals surface area (Å²) < 4.78 is 5.24. The number of aliphatic imine (C=N–C) groups is 1. The van der Waals surface area contributed by atoms with Gasteiger partial charge in [0.15, 0.2) is 5.96 Å². The quantitative estimate of drug-likeness (QED) is 0.292. The molecule has 29 heavy (non-hydrogen) atoms. The standard InChI is InChI=1S/C22H30N4O2.HI/c1-15-12-16(2)14-19(13-15)25-20(23)24-11-10-17-6-8-18(9-7-17)26-21(27)28-22(3,4)5;/h6-9,12-14H,10-11H2,1-5H3,(H,26,27)(H3,23,24,25);1H. The van der Waals surface area contributed by atoms with Crippen molar-refractivity contribution < 1.29 is 9.53 Å². The van der Waals surface area contributed by atoms with E-state index >= 15 is 0 Å². The number of ether oxygens (including phenoxy) is 1. The molecule has 0 spiro atoms. The average Bonchev–Trinajstić information content (AvgIpc) is 2.53. The van der Waals surface area contributed by atoms with Gasteiger partial charge < -0.3 is 15.8 Å². The zero-order valence-electron chi connectivity index (χ0n) is 17.7. The van der Waals surface area contributed by atoms with Crippen molar-refractivity contribution in [3.63, 3.8) is 0 Å². The second-order valence-corrected chi connectivity index (χ2v) is 7.84. The number of benzene rings is 2. The number of aryl methyl sites for hydroxylation is 2. The minimum absolute atomic E-state index is 0. The van der Waals surface area contributed by atoms with Crippen LogP contribution in [0.1, 0.15) is 37.5 Å². The molecule has 0 aromatic heterocycles. The molecule has 0 aliphatic rings. The van der Waals surface area contributed by atoms with Crippen LogP contribution in [0.15, 0.2) is 47.5 Å². The van der Waals surface area contributed by atoms with Crippen molar-refractivity contribution in [2.24, 2.45) is 10.7 Å². The van der Waals surface area contributed by atoms with E-state index in [-0.39, 0.29) is 24.0 Å². The van der Waals surface area contributed by atoms with Gasteiger partial charge in [-0.25, -0.2) is 4.79 Å². The van der Waals surface area contributed by atoms with Crippen molar-refractivity contribution in [1.29, 1.82) is 0 Å². The minimum atomic E-state index is -0.521. The van der Waals surface area contributed by atoms with Crippen molar-refractivity contribution in [2.45, 2.75) is 46.6 Å². The Kier molecular flexibility index (Phi) is 9.42. The van der Waals surface area contributed by atoms with Gasteiger partial charge in [0.25, 0.3) is 0 Å². The van der Waals surface area contributed by atoms with Gasteiger partial charge in [0.1, 0.15) is 5.60 Å². The predicted octanol–water partition coefficient (Wildman–Crippen LogP) is 5.24. The van der Waals surface area contributed by atoms with Crippen LogP contribution in [0.3, 0.4) is 0 Å². The predicted molar refractivity (Wildman–Crippen MR) is 131 cm³/mol. The highest BCUT2D eigenvalue weighted by Gasteiger charge is 2.16. The number of halogens is 1. The first-order valence-corrected chi connectivity index (χ1v) is 9.35. The number of carbonyl (C=O) groups is 1. The normalized spacial score (nSPS) is 11.4. The maximum Gasteiger partial charge on any atom is 0.412 e. The van der Waals surface area contributed by atoms with Crippen LogP contribution in [0.4, 0.5) is 16.2 Å². The molecule has 158 valence electrons. The van der Waals surface area contributed by atoms with Gasteiger partial charge in [0, 0.05) is 17.9 Å². The smallest absolute Gasteiger partial charge is 0.412 e. The van der Waals surface area contributed by atoms with Gasteiger partial charge >= 0.3 is 6.09 Å². The number of carbonyl (C=O) groups excluding carboxylic acids is 1. The number of guanidine groups is 1. The second kappa shape index (κ2) is 11.0. The molecule has 0 radical (unpaired) electrons. The monoisotopic (exact) mass is 510 g/mol. The molecule has 0 fully saturated rings. The Balaban J connectivity index is 0.00000420. The number of hydrogen-bond donors (Lipinski definition) is 3. The molecule has 1 amide bonds. The zero-order valence-corrected chi connectivity index (χ0v) is 20.0. The lowest BCUT2D eigenvalue weighted by molar-refractivity contribution is 0.0636. The molecule has 0 saturated heterocycles. The summed E-state index contributed by atoms with van der Waals surface area (Å²) in [6.07, 6.45) is 0.289. The fourth-order valence-electron chi connectivity index (χ4n) is 2.72. The second-order valence-electron chi connectivity index (χ2n) is 7.84. The number of amides is 1. The molecule has 0 bridgehead atoms. The molecule has 0 saturated carbocycles. The van der Waals surface area contributed by atoms with Crippen molar-refractivity contribution in [3.8, 4) is 0 Å². The summed E-state index contributed by atoms with van der Waals surface area (Å²) in [6.45, 7) is 10.2. The summed E-state index contributed by atoms with van der Waals surface area (Å²) in [7, 11) is 0. The number of nitrogens with two attached hydrogens (primary N) is 1. The van der Waals surface area contributed by atoms with Crippen molar-refractivity contribution in [2.75, 3.05) is 17.2 Å². The topological polar surface area (TPSA) is 88.7 Å². The van der Waals surface area contributed by atoms with Crippen LogP contribution in [0.2, 0.25) is 0 Å². The third kappa shape index (κ3) is 9.65. The first-order chi connectivity index (χ1) is 13.1. The summed E-state index contributed by atoms with van der Waals surface area (Å²) >= 11 is 0. The van der Waals surface area contributed by atoms with Crippen LogP contribution in [-0.4, -0.2) is 24.2 Å². The van der Waals surface area contributed by atoms with E-state index in [4.69, 9.17) is 10.5 Å². The Bertz CT molecular complexity index is 823. The summed E-state index contributed by atoms with van der Waals surface area (Å²) in [4.78, 5) is 16.2. The number of anilines is 2. The van der Waals surface area contributed by atoms with E-state index in [1.54, 1.807) is 0 Å². The first-order valence-electron chi connectivity index (χ1n) is 9.35. The van der Waals surface area contributed by atoms with Gasteiger partial charge in [0.2, 0.25) is 0 Å². The first kappa shape index (κ1) is 24.7. The zero-order chi connectivity index (χ0) is 20.7. The van der Waals surface area contributed by atoms with Crippen LogP contribution in [0.5, 0.6) is 0 Å². The van der Waals surface area contributed by atoms with E-state index in [0.29, 0.717) is 18.2 Å². The van der Waals surface area contributed by atoms with E-state index < -0.39 is 11.7 Å². The van der Waals surface area contributed by atoms with Crippen LogP contribution >= 0.6 is 24.0 Å². The van der Waals surface area contributed by atoms with Gasteiger partial charge in [-0.05, 0) is 82.0 Å². The van der Waals surface area contributed by atoms with Gasteiger partial charge in [-0.15, -0.1) is 24.0 Å². The molecule has 2 aromatic carbocycles. The van der Waals surface area contributed by atoms with E-state index in [9.17, 15) is 4.79 Å². The molecule has 0 aliphatic carbocycles. The third-order valence-corrected chi connectivity index (χ3v) is 3.78. The van der Waals surface area contributed by atoms with Crippen molar-refractivity contribution >= 4 is 47.4 Å². The highest BCUT2D eigenvalue weighted by molar-refractivity contribution is 14.0. The van der Waals surface area contributed by atoms with Crippen molar-refractivity contribution in [1.82, 2.24) is 0 Å². The lowest BCUT2D eigenvalue weighted by Crippen LogP contribution is -2.27. The fraction of sp³-hybridized carbons (Fsp3) is 0.364. The largest absolute Gasteiger partial charge is 0.444 e. The highest BCUT2D eigenvalue weighted by atomic mass is 127. The van der Waals surface area contributed by atoms with Crippen molar-refractivity contribution in [3.05, 3.63) is 59.2 Å². The molecule has 2 aromatic rings. The maximum atomic E-state index is 11.8. The van der Waals surface area contributed by atoms with Crippen LogP contribution in [0, 0.1) is 13.8 Å². The average molecular weight is 510 g/mol. The maximum absolute atomic E-state index is 11.8. The van der Waals surface area contributed by atoms with E-state index in [2.05, 4.69) is 21.7 Å². The molecule has 7 heteroatoms. The molecule has 6 nitrogen and oxygen atoms in total. The third-order valence-electron chi connectivity index (χ3n) is 3.78. The van der Waals surface area contributed by atoms with Gasteiger partial charge in [-0.3, -0.25) is 10.3 Å². The number of nitrogens with one attached hydrogen (secondary N) is 2. The van der Waals surface area contributed by atoms with E-state index in [0.717, 1.165) is 17.7 Å². The molecule has 2 rings (SSSR count). The molecular weight excluding hydrogens is 479 g/mol. The van der Waals surface area contributed by atoms with Crippen LogP contribution < -0.4 is 16.4 Å². The number of hydrogen-bond acceptors (Lipinski definition) is 3. The minimum Gasteiger partial charge on any atom is -0.444 e. The lowest BCUT2D eigenvalue weighted by Gasteiger charge is -2.19. The molecule has 4 N–H and O–H groups in total. The highest BCUT2D eigenvalue weighted by Crippen LogP contribution is 2.14. The Morgan fingerprint density at radius 3 is 2.14 bits per heavy atom. The summed E-state index contributed by atoms with van der Waals surface area (Å²) in [5, 5.41) is 5.84. The van der Waals surface area contributed by atoms with E-state index in [1.807, 2.05) is 71.0 Å². The van der Waals surface area contributed by atoms with Crippen LogP contribution in [-0.2, 0) is 11.2 Å². The molecular formula is C22H31IN4O2. The summed E-state index contributed by atoms with van der Waals surface area (Å²) in [6, 6.07) is 13.8. The van der Waals surface area contributed by atoms with E-state index in [1.165, 1.54) is 11.1 Å². The van der Waals surface area contributed by atoms with Gasteiger partial charge in [-0.1, -0.05) is 18.2 Å². The fourth-order valence-corrected chi connectivity index (χ4v) is 2.72. The SMILES string of the molecule is Cc1cc(C)cc(NC(N)=NCCc2ccc(NC(=O)OC(C)(C)C)cc2)c1.I. The Morgan fingerprint density at radius 2 is 1.59 bits per heavy atom. The van der Waals surface area contributed by atoms with Gasteiger partial charge in [-0.2, -0.15) is 0 Å². The van der Waals surface area contributed by atoms with Crippen LogP contribution in [0.25, 0.3) is 0 Å². The summed E-state index contributed by atoms with van der Waals surface area (Å²) in [5.41, 5.74) is 10.6. The molecule has 0 aliphatic heterocycles. The lowest BCUT2D eigenvalue weighted by atomic mass is 10.1. The van der Waals surface area contributed by atoms with Gasteiger partial charge in [0.05, 0.1) is 0 Å². The Labute approximate surface area is 190 Å². The Morgan fingerprint density at radius 1 is 1.00 bits per heavy atom. The molecule has 0 atom stereocenters. The number of nitrogens with zero attached hydrogens (tertiary/aromatic N) is 1. The molecule has 0 unspecified atom stereocenters.